The number of hydrogen-bond acceptors (Lipinski definition) is 2. The van der Waals surface area contributed by atoms with Gasteiger partial charge in [-0.05, 0) is 49.0 Å². The summed E-state index contributed by atoms with van der Waals surface area (Å²) >= 11 is 5.31. The molecule has 0 unspecified atom stereocenters. The van der Waals surface area contributed by atoms with Gasteiger partial charge in [0, 0.05) is 30.3 Å². The molecule has 2 aromatic carbocycles. The van der Waals surface area contributed by atoms with Gasteiger partial charge in [-0.25, -0.2) is 4.98 Å². The molecular formula is C18H18N4S. The molecule has 0 saturated carbocycles. The van der Waals surface area contributed by atoms with Crippen molar-refractivity contribution >= 4 is 23.0 Å². The van der Waals surface area contributed by atoms with E-state index in [0.29, 0.717) is 11.7 Å². The van der Waals surface area contributed by atoms with Crippen LogP contribution < -0.4 is 10.6 Å². The zero-order chi connectivity index (χ0) is 16.1. The molecule has 5 heteroatoms. The summed E-state index contributed by atoms with van der Waals surface area (Å²) in [4.78, 5) is 4.24. The quantitative estimate of drug-likeness (QED) is 0.719. The van der Waals surface area contributed by atoms with Crippen LogP contribution in [-0.2, 0) is 6.54 Å². The molecule has 0 aliphatic heterocycles. The van der Waals surface area contributed by atoms with E-state index < -0.39 is 0 Å². The van der Waals surface area contributed by atoms with Crippen LogP contribution in [0.25, 0.3) is 5.69 Å². The highest BCUT2D eigenvalue weighted by Crippen LogP contribution is 2.12. The van der Waals surface area contributed by atoms with Gasteiger partial charge in [-0.2, -0.15) is 0 Å². The summed E-state index contributed by atoms with van der Waals surface area (Å²) in [6.07, 6.45) is 3.76. The van der Waals surface area contributed by atoms with Gasteiger partial charge in [-0.3, -0.25) is 0 Å². The standard InChI is InChI=1S/C18H18N4S/c1-14-19-11-12-22(14)17-9-7-15(8-10-17)13-20-18(23)21-16-5-3-2-4-6-16/h2-12H,13H2,1H3,(H2,20,21,23). The monoisotopic (exact) mass is 322 g/mol. The van der Waals surface area contributed by atoms with Crippen molar-refractivity contribution in [1.82, 2.24) is 14.9 Å². The number of aromatic nitrogens is 2. The molecule has 3 rings (SSSR count). The highest BCUT2D eigenvalue weighted by atomic mass is 32.1. The minimum absolute atomic E-state index is 0.616. The van der Waals surface area contributed by atoms with Crippen LogP contribution in [0.2, 0.25) is 0 Å². The molecule has 0 amide bonds. The Bertz CT molecular complexity index is 778. The molecule has 116 valence electrons. The molecule has 0 saturated heterocycles. The van der Waals surface area contributed by atoms with Gasteiger partial charge in [0.05, 0.1) is 0 Å². The fourth-order valence-electron chi connectivity index (χ4n) is 2.30. The number of aryl methyl sites for hydroxylation is 1. The van der Waals surface area contributed by atoms with Crippen LogP contribution in [0.1, 0.15) is 11.4 Å². The Morgan fingerprint density at radius 1 is 1.09 bits per heavy atom. The normalized spacial score (nSPS) is 10.3. The Labute approximate surface area is 141 Å². The Balaban J connectivity index is 1.56. The number of rotatable bonds is 4. The Morgan fingerprint density at radius 2 is 1.83 bits per heavy atom. The fraction of sp³-hybridized carbons (Fsp3) is 0.111. The van der Waals surface area contributed by atoms with Gasteiger partial charge < -0.3 is 15.2 Å². The first kappa shape index (κ1) is 15.2. The van der Waals surface area contributed by atoms with Crippen molar-refractivity contribution in [2.24, 2.45) is 0 Å². The average Bonchev–Trinajstić information content (AvgIpc) is 3.00. The molecule has 23 heavy (non-hydrogen) atoms. The number of thiocarbonyl (C=S) groups is 1. The summed E-state index contributed by atoms with van der Waals surface area (Å²) < 4.78 is 2.05. The second-order valence-corrected chi connectivity index (χ2v) is 5.59. The summed E-state index contributed by atoms with van der Waals surface area (Å²) in [5.41, 5.74) is 3.26. The highest BCUT2D eigenvalue weighted by Gasteiger charge is 2.01. The van der Waals surface area contributed by atoms with E-state index in [1.54, 1.807) is 6.20 Å². The van der Waals surface area contributed by atoms with Crippen molar-refractivity contribution in [1.29, 1.82) is 0 Å². The Morgan fingerprint density at radius 3 is 2.48 bits per heavy atom. The number of anilines is 1. The van der Waals surface area contributed by atoms with E-state index in [9.17, 15) is 0 Å². The SMILES string of the molecule is Cc1nccn1-c1ccc(CNC(=S)Nc2ccccc2)cc1. The first-order valence-corrected chi connectivity index (χ1v) is 7.82. The smallest absolute Gasteiger partial charge is 0.171 e. The first-order chi connectivity index (χ1) is 11.2. The third-order valence-corrected chi connectivity index (χ3v) is 3.77. The molecule has 0 fully saturated rings. The number of hydrogen-bond donors (Lipinski definition) is 2. The number of nitrogens with zero attached hydrogens (tertiary/aromatic N) is 2. The van der Waals surface area contributed by atoms with Crippen molar-refractivity contribution in [2.45, 2.75) is 13.5 Å². The van der Waals surface area contributed by atoms with E-state index in [1.165, 1.54) is 5.56 Å². The van der Waals surface area contributed by atoms with Crippen molar-refractivity contribution in [3.63, 3.8) is 0 Å². The predicted molar refractivity (Wildman–Crippen MR) is 97.8 cm³/mol. The van der Waals surface area contributed by atoms with Crippen LogP contribution in [0.4, 0.5) is 5.69 Å². The van der Waals surface area contributed by atoms with Crippen LogP contribution in [-0.4, -0.2) is 14.7 Å². The lowest BCUT2D eigenvalue weighted by atomic mass is 10.2. The lowest BCUT2D eigenvalue weighted by Crippen LogP contribution is -2.27. The topological polar surface area (TPSA) is 41.9 Å². The van der Waals surface area contributed by atoms with Crippen molar-refractivity contribution in [3.05, 3.63) is 78.4 Å². The second-order valence-electron chi connectivity index (χ2n) is 5.18. The van der Waals surface area contributed by atoms with Crippen LogP contribution in [0.5, 0.6) is 0 Å². The summed E-state index contributed by atoms with van der Waals surface area (Å²) in [6, 6.07) is 18.2. The Kier molecular flexibility index (Phi) is 4.68. The van der Waals surface area contributed by atoms with Gasteiger partial charge in [0.1, 0.15) is 5.82 Å². The third-order valence-electron chi connectivity index (χ3n) is 3.52. The molecule has 1 aromatic heterocycles. The van der Waals surface area contributed by atoms with Gasteiger partial charge in [0.25, 0.3) is 0 Å². The zero-order valence-corrected chi connectivity index (χ0v) is 13.7. The second kappa shape index (κ2) is 7.07. The molecule has 1 heterocycles. The van der Waals surface area contributed by atoms with E-state index in [2.05, 4.69) is 44.5 Å². The molecule has 0 radical (unpaired) electrons. The van der Waals surface area contributed by atoms with E-state index >= 15 is 0 Å². The van der Waals surface area contributed by atoms with Gasteiger partial charge in [-0.1, -0.05) is 30.3 Å². The molecule has 3 aromatic rings. The van der Waals surface area contributed by atoms with Crippen LogP contribution in [0.15, 0.2) is 67.0 Å². The van der Waals surface area contributed by atoms with Gasteiger partial charge >= 0.3 is 0 Å². The third kappa shape index (κ3) is 3.96. The van der Waals surface area contributed by atoms with Crippen LogP contribution in [0.3, 0.4) is 0 Å². The molecular weight excluding hydrogens is 304 g/mol. The molecule has 0 atom stereocenters. The van der Waals surface area contributed by atoms with E-state index in [4.69, 9.17) is 12.2 Å². The Hall–Kier alpha value is -2.66. The van der Waals surface area contributed by atoms with Gasteiger partial charge in [0.15, 0.2) is 5.11 Å². The molecule has 4 nitrogen and oxygen atoms in total. The first-order valence-electron chi connectivity index (χ1n) is 7.41. The minimum Gasteiger partial charge on any atom is -0.358 e. The maximum atomic E-state index is 5.31. The van der Waals surface area contributed by atoms with Crippen molar-refractivity contribution < 1.29 is 0 Å². The molecule has 0 aliphatic rings. The number of imidazole rings is 1. The number of nitrogens with one attached hydrogen (secondary N) is 2. The largest absolute Gasteiger partial charge is 0.358 e. The number of para-hydroxylation sites is 1. The number of benzene rings is 2. The maximum absolute atomic E-state index is 5.31. The van der Waals surface area contributed by atoms with Crippen molar-refractivity contribution in [3.8, 4) is 5.69 Å². The van der Waals surface area contributed by atoms with Crippen molar-refractivity contribution in [2.75, 3.05) is 5.32 Å². The van der Waals surface area contributed by atoms with E-state index in [0.717, 1.165) is 17.2 Å². The fourth-order valence-corrected chi connectivity index (χ4v) is 2.49. The zero-order valence-electron chi connectivity index (χ0n) is 12.9. The highest BCUT2D eigenvalue weighted by molar-refractivity contribution is 7.80. The van der Waals surface area contributed by atoms with Gasteiger partial charge in [-0.15, -0.1) is 0 Å². The lowest BCUT2D eigenvalue weighted by molar-refractivity contribution is 0.920. The summed E-state index contributed by atoms with van der Waals surface area (Å²) in [7, 11) is 0. The lowest BCUT2D eigenvalue weighted by Gasteiger charge is -2.11. The van der Waals surface area contributed by atoms with Gasteiger partial charge in [0.2, 0.25) is 0 Å². The maximum Gasteiger partial charge on any atom is 0.171 e. The molecule has 2 N–H and O–H groups in total. The summed E-state index contributed by atoms with van der Waals surface area (Å²) in [5, 5.41) is 6.99. The predicted octanol–water partition coefficient (Wildman–Crippen LogP) is 3.67. The van der Waals surface area contributed by atoms with E-state index in [1.807, 2.05) is 43.5 Å². The molecule has 0 spiro atoms. The summed E-state index contributed by atoms with van der Waals surface area (Å²) in [5.74, 6) is 0.976. The molecule has 0 aliphatic carbocycles. The minimum atomic E-state index is 0.616. The average molecular weight is 322 g/mol. The summed E-state index contributed by atoms with van der Waals surface area (Å²) in [6.45, 7) is 2.67. The molecule has 0 bridgehead atoms. The van der Waals surface area contributed by atoms with E-state index in [-0.39, 0.29) is 0 Å². The van der Waals surface area contributed by atoms with Crippen LogP contribution in [0, 0.1) is 6.92 Å². The van der Waals surface area contributed by atoms with Crippen LogP contribution >= 0.6 is 12.2 Å².